The number of sulfonamides is 1. The normalized spacial score (nSPS) is 11.3. The van der Waals surface area contributed by atoms with E-state index in [1.807, 2.05) is 0 Å². The van der Waals surface area contributed by atoms with Crippen molar-refractivity contribution in [2.24, 2.45) is 0 Å². The maximum absolute atomic E-state index is 13.8. The van der Waals surface area contributed by atoms with Crippen LogP contribution in [0.5, 0.6) is 0 Å². The lowest BCUT2D eigenvalue weighted by Crippen LogP contribution is -2.15. The van der Waals surface area contributed by atoms with Gasteiger partial charge in [0, 0.05) is 11.2 Å². The summed E-state index contributed by atoms with van der Waals surface area (Å²) in [6.07, 6.45) is 1.31. The van der Waals surface area contributed by atoms with Crippen LogP contribution < -0.4 is 10.5 Å². The van der Waals surface area contributed by atoms with E-state index in [-0.39, 0.29) is 21.6 Å². The van der Waals surface area contributed by atoms with Gasteiger partial charge >= 0.3 is 0 Å². The Bertz CT molecular complexity index is 768. The zero-order valence-corrected chi connectivity index (χ0v) is 12.1. The second-order valence-corrected chi connectivity index (χ2v) is 6.25. The molecule has 0 unspecified atom stereocenters. The molecule has 0 fully saturated rings. The lowest BCUT2D eigenvalue weighted by molar-refractivity contribution is 0.573. The molecule has 0 aliphatic heterocycles. The van der Waals surface area contributed by atoms with Crippen molar-refractivity contribution in [3.05, 3.63) is 46.5 Å². The van der Waals surface area contributed by atoms with Crippen LogP contribution in [0.1, 0.15) is 0 Å². The van der Waals surface area contributed by atoms with E-state index in [1.54, 1.807) is 0 Å². The number of nitrogen functional groups attached to an aromatic ring is 1. The van der Waals surface area contributed by atoms with Crippen molar-refractivity contribution in [3.8, 4) is 0 Å². The van der Waals surface area contributed by atoms with Crippen LogP contribution in [0.25, 0.3) is 0 Å². The molecule has 9 heteroatoms. The highest BCUT2D eigenvalue weighted by atomic mass is 35.5. The Balaban J connectivity index is 2.46. The summed E-state index contributed by atoms with van der Waals surface area (Å²) < 4.78 is 40.2. The topological polar surface area (TPSA) is 85.1 Å². The highest BCUT2D eigenvalue weighted by Crippen LogP contribution is 2.27. The van der Waals surface area contributed by atoms with Crippen LogP contribution in [0.2, 0.25) is 10.2 Å². The van der Waals surface area contributed by atoms with Crippen LogP contribution in [0.4, 0.5) is 15.8 Å². The smallest absolute Gasteiger partial charge is 0.264 e. The van der Waals surface area contributed by atoms with E-state index in [1.165, 1.54) is 18.3 Å². The Morgan fingerprint density at radius 3 is 2.60 bits per heavy atom. The molecule has 1 aromatic carbocycles. The first-order valence-electron chi connectivity index (χ1n) is 5.18. The fraction of sp³-hybridized carbons (Fsp3) is 0. The van der Waals surface area contributed by atoms with Crippen molar-refractivity contribution in [1.82, 2.24) is 4.98 Å². The molecule has 0 amide bonds. The van der Waals surface area contributed by atoms with Gasteiger partial charge in [0.1, 0.15) is 10.0 Å². The fourth-order valence-corrected chi connectivity index (χ4v) is 3.10. The van der Waals surface area contributed by atoms with Gasteiger partial charge in [0.25, 0.3) is 10.0 Å². The fourth-order valence-electron chi connectivity index (χ4n) is 1.46. The summed E-state index contributed by atoms with van der Waals surface area (Å²) in [5.41, 5.74) is 5.14. The molecule has 0 saturated carbocycles. The number of nitrogens with two attached hydrogens (primary N) is 1. The van der Waals surface area contributed by atoms with E-state index in [0.717, 1.165) is 12.1 Å². The third-order valence-corrected chi connectivity index (χ3v) is 4.11. The van der Waals surface area contributed by atoms with E-state index in [2.05, 4.69) is 9.71 Å². The summed E-state index contributed by atoms with van der Waals surface area (Å²) in [4.78, 5) is 3.06. The van der Waals surface area contributed by atoms with Crippen molar-refractivity contribution < 1.29 is 12.8 Å². The number of halogens is 3. The van der Waals surface area contributed by atoms with E-state index in [9.17, 15) is 12.8 Å². The number of benzene rings is 1. The Morgan fingerprint density at radius 1 is 1.25 bits per heavy atom. The first kappa shape index (κ1) is 14.8. The molecule has 5 nitrogen and oxygen atoms in total. The van der Waals surface area contributed by atoms with Crippen LogP contribution in [0, 0.1) is 5.82 Å². The molecule has 106 valence electrons. The number of hydrogen-bond donors (Lipinski definition) is 2. The molecule has 1 heterocycles. The number of aromatic nitrogens is 1. The molecule has 0 atom stereocenters. The van der Waals surface area contributed by atoms with Gasteiger partial charge in [0.15, 0.2) is 5.82 Å². The van der Waals surface area contributed by atoms with Crippen LogP contribution >= 0.6 is 23.2 Å². The number of hydrogen-bond acceptors (Lipinski definition) is 4. The molecule has 0 bridgehead atoms. The van der Waals surface area contributed by atoms with Gasteiger partial charge < -0.3 is 5.73 Å². The van der Waals surface area contributed by atoms with Gasteiger partial charge in [0.2, 0.25) is 0 Å². The van der Waals surface area contributed by atoms with Crippen molar-refractivity contribution in [3.63, 3.8) is 0 Å². The third kappa shape index (κ3) is 3.12. The van der Waals surface area contributed by atoms with Gasteiger partial charge in [-0.2, -0.15) is 0 Å². The van der Waals surface area contributed by atoms with Gasteiger partial charge in [-0.05, 0) is 24.3 Å². The number of pyridine rings is 1. The van der Waals surface area contributed by atoms with Crippen molar-refractivity contribution >= 4 is 44.6 Å². The summed E-state index contributed by atoms with van der Waals surface area (Å²) >= 11 is 11.3. The largest absolute Gasteiger partial charge is 0.396 e. The van der Waals surface area contributed by atoms with E-state index in [0.29, 0.717) is 0 Å². The minimum Gasteiger partial charge on any atom is -0.396 e. The summed E-state index contributed by atoms with van der Waals surface area (Å²) in [6, 6.07) is 4.75. The minimum atomic E-state index is -4.18. The van der Waals surface area contributed by atoms with Crippen LogP contribution in [0.3, 0.4) is 0 Å². The lowest BCUT2D eigenvalue weighted by Gasteiger charge is -2.10. The Hall–Kier alpha value is -1.57. The molecule has 0 aliphatic carbocycles. The molecule has 0 radical (unpaired) electrons. The average molecular weight is 336 g/mol. The predicted molar refractivity (Wildman–Crippen MR) is 75.9 cm³/mol. The lowest BCUT2D eigenvalue weighted by atomic mass is 10.3. The quantitative estimate of drug-likeness (QED) is 0.667. The molecule has 1 aromatic heterocycles. The standard InChI is InChI=1S/C11H8Cl2FN3O2S/c12-6-3-8(15)11(14)9(4-6)20(18,19)17-7-1-2-16-10(13)5-7/h1-5H,15H2,(H,16,17). The highest BCUT2D eigenvalue weighted by molar-refractivity contribution is 7.92. The number of nitrogens with zero attached hydrogens (tertiary/aromatic N) is 1. The van der Waals surface area contributed by atoms with Crippen molar-refractivity contribution in [2.45, 2.75) is 4.90 Å². The Kier molecular flexibility index (Phi) is 4.03. The van der Waals surface area contributed by atoms with Crippen molar-refractivity contribution in [1.29, 1.82) is 0 Å². The predicted octanol–water partition coefficient (Wildman–Crippen LogP) is 2.91. The number of nitrogens with one attached hydrogen (secondary N) is 1. The zero-order valence-electron chi connectivity index (χ0n) is 9.77. The van der Waals surface area contributed by atoms with E-state index < -0.39 is 20.7 Å². The molecular formula is C11H8Cl2FN3O2S. The summed E-state index contributed by atoms with van der Waals surface area (Å²) in [6.45, 7) is 0. The van der Waals surface area contributed by atoms with Crippen LogP contribution in [0.15, 0.2) is 35.4 Å². The Morgan fingerprint density at radius 2 is 1.95 bits per heavy atom. The van der Waals surface area contributed by atoms with Gasteiger partial charge in [-0.3, -0.25) is 4.72 Å². The summed E-state index contributed by atoms with van der Waals surface area (Å²) in [7, 11) is -4.18. The molecule has 2 aromatic rings. The van der Waals surface area contributed by atoms with Gasteiger partial charge in [0.05, 0.1) is 11.4 Å². The first-order chi connectivity index (χ1) is 9.29. The number of rotatable bonds is 3. The van der Waals surface area contributed by atoms with Crippen molar-refractivity contribution in [2.75, 3.05) is 10.5 Å². The summed E-state index contributed by atoms with van der Waals surface area (Å²) in [5, 5.41) is 0.105. The molecule has 0 spiro atoms. The molecule has 0 saturated heterocycles. The molecule has 0 aliphatic rings. The molecule has 2 rings (SSSR count). The zero-order chi connectivity index (χ0) is 14.9. The number of anilines is 2. The average Bonchev–Trinajstić information content (AvgIpc) is 2.33. The SMILES string of the molecule is Nc1cc(Cl)cc(S(=O)(=O)Nc2ccnc(Cl)c2)c1F. The van der Waals surface area contributed by atoms with Gasteiger partial charge in [-0.1, -0.05) is 23.2 Å². The monoisotopic (exact) mass is 335 g/mol. The molecular weight excluding hydrogens is 328 g/mol. The third-order valence-electron chi connectivity index (χ3n) is 2.30. The molecule has 3 N–H and O–H groups in total. The van der Waals surface area contributed by atoms with E-state index in [4.69, 9.17) is 28.9 Å². The minimum absolute atomic E-state index is 0.0111. The van der Waals surface area contributed by atoms with Crippen LogP contribution in [-0.2, 0) is 10.0 Å². The first-order valence-corrected chi connectivity index (χ1v) is 7.42. The summed E-state index contributed by atoms with van der Waals surface area (Å²) in [5.74, 6) is -1.07. The van der Waals surface area contributed by atoms with E-state index >= 15 is 0 Å². The maximum atomic E-state index is 13.8. The Labute approximate surface area is 124 Å². The maximum Gasteiger partial charge on any atom is 0.264 e. The van der Waals surface area contributed by atoms with Gasteiger partial charge in [-0.25, -0.2) is 17.8 Å². The van der Waals surface area contributed by atoms with Gasteiger partial charge in [-0.15, -0.1) is 0 Å². The molecule has 20 heavy (non-hydrogen) atoms. The highest BCUT2D eigenvalue weighted by Gasteiger charge is 2.22. The second-order valence-electron chi connectivity index (χ2n) is 3.78. The second kappa shape index (κ2) is 5.43. The van der Waals surface area contributed by atoms with Crippen LogP contribution in [-0.4, -0.2) is 13.4 Å².